The topological polar surface area (TPSA) is 32.3 Å². The predicted molar refractivity (Wildman–Crippen MR) is 67.7 cm³/mol. The molecule has 3 fully saturated rings. The van der Waals surface area contributed by atoms with Crippen molar-refractivity contribution in [2.75, 3.05) is 19.6 Å². The van der Waals surface area contributed by atoms with Crippen molar-refractivity contribution < 1.29 is 4.79 Å². The Morgan fingerprint density at radius 2 is 2.06 bits per heavy atom. The molecule has 0 aromatic rings. The quantitative estimate of drug-likeness (QED) is 0.792. The number of rotatable bonds is 2. The second-order valence-electron chi connectivity index (χ2n) is 6.05. The summed E-state index contributed by atoms with van der Waals surface area (Å²) in [6, 6.07) is 0.546. The lowest BCUT2D eigenvalue weighted by Gasteiger charge is -2.38. The first-order chi connectivity index (χ1) is 8.34. The summed E-state index contributed by atoms with van der Waals surface area (Å²) in [5.74, 6) is 1.90. The average Bonchev–Trinajstić information content (AvgIpc) is 3.14. The first kappa shape index (κ1) is 11.5. The maximum atomic E-state index is 12.4. The highest BCUT2D eigenvalue weighted by molar-refractivity contribution is 5.77. The molecule has 2 aliphatic heterocycles. The lowest BCUT2D eigenvalue weighted by atomic mass is 9.89. The van der Waals surface area contributed by atoms with Crippen molar-refractivity contribution in [3.05, 3.63) is 0 Å². The fourth-order valence-corrected chi connectivity index (χ4v) is 3.46. The Hall–Kier alpha value is -0.570. The van der Waals surface area contributed by atoms with E-state index in [-0.39, 0.29) is 0 Å². The monoisotopic (exact) mass is 236 g/mol. The number of nitrogens with one attached hydrogen (secondary N) is 1. The zero-order valence-electron chi connectivity index (χ0n) is 10.7. The van der Waals surface area contributed by atoms with Crippen LogP contribution in [-0.2, 0) is 4.79 Å². The van der Waals surface area contributed by atoms with E-state index in [1.165, 1.54) is 38.5 Å². The molecule has 17 heavy (non-hydrogen) atoms. The number of hydrogen-bond donors (Lipinski definition) is 1. The van der Waals surface area contributed by atoms with Crippen molar-refractivity contribution in [2.45, 2.75) is 51.0 Å². The molecule has 1 N–H and O–H groups in total. The van der Waals surface area contributed by atoms with Gasteiger partial charge in [0.15, 0.2) is 0 Å². The molecule has 0 bridgehead atoms. The molecule has 1 saturated carbocycles. The molecule has 1 amide bonds. The minimum absolute atomic E-state index is 0.450. The zero-order valence-corrected chi connectivity index (χ0v) is 10.7. The van der Waals surface area contributed by atoms with Gasteiger partial charge in [0.25, 0.3) is 0 Å². The summed E-state index contributed by atoms with van der Waals surface area (Å²) in [4.78, 5) is 14.6. The molecule has 2 saturated heterocycles. The van der Waals surface area contributed by atoms with Crippen LogP contribution in [-0.4, -0.2) is 36.5 Å². The molecular weight excluding hydrogens is 212 g/mol. The molecule has 3 aliphatic rings. The smallest absolute Gasteiger partial charge is 0.223 e. The first-order valence-electron chi connectivity index (χ1n) is 7.35. The van der Waals surface area contributed by atoms with Crippen molar-refractivity contribution in [3.63, 3.8) is 0 Å². The molecule has 0 radical (unpaired) electrons. The molecule has 2 atom stereocenters. The van der Waals surface area contributed by atoms with Crippen LogP contribution in [0.3, 0.4) is 0 Å². The zero-order chi connectivity index (χ0) is 11.7. The first-order valence-corrected chi connectivity index (χ1v) is 7.35. The Balaban J connectivity index is 1.68. The number of hydrogen-bond acceptors (Lipinski definition) is 2. The highest BCUT2D eigenvalue weighted by atomic mass is 16.2. The third kappa shape index (κ3) is 2.65. The summed E-state index contributed by atoms with van der Waals surface area (Å²) in [5, 5.41) is 3.49. The molecule has 0 spiro atoms. The number of nitrogens with zero attached hydrogens (tertiary/aromatic N) is 1. The molecule has 0 aromatic carbocycles. The van der Waals surface area contributed by atoms with Gasteiger partial charge in [0, 0.05) is 19.0 Å². The Kier molecular flexibility index (Phi) is 3.37. The molecule has 3 nitrogen and oxygen atoms in total. The summed E-state index contributed by atoms with van der Waals surface area (Å²) in [7, 11) is 0. The van der Waals surface area contributed by atoms with E-state index in [2.05, 4.69) is 10.2 Å². The average molecular weight is 236 g/mol. The van der Waals surface area contributed by atoms with E-state index in [4.69, 9.17) is 0 Å². The van der Waals surface area contributed by atoms with Crippen molar-refractivity contribution >= 4 is 5.91 Å². The van der Waals surface area contributed by atoms with Gasteiger partial charge in [-0.1, -0.05) is 6.42 Å². The predicted octanol–water partition coefficient (Wildman–Crippen LogP) is 1.78. The SMILES string of the molecule is O=C(CC1CC1)N1CCCC[C@H]2CNCC[C@H]21. The Bertz CT molecular complexity index is 288. The van der Waals surface area contributed by atoms with Crippen molar-refractivity contribution in [1.82, 2.24) is 10.2 Å². The summed E-state index contributed by atoms with van der Waals surface area (Å²) >= 11 is 0. The van der Waals surface area contributed by atoms with Crippen LogP contribution in [0.2, 0.25) is 0 Å². The van der Waals surface area contributed by atoms with Gasteiger partial charge in [-0.25, -0.2) is 0 Å². The normalized spacial score (nSPS) is 34.0. The molecule has 2 heterocycles. The highest BCUT2D eigenvalue weighted by Crippen LogP contribution is 2.34. The van der Waals surface area contributed by atoms with E-state index in [1.807, 2.05) is 0 Å². The Labute approximate surface area is 104 Å². The van der Waals surface area contributed by atoms with Crippen LogP contribution in [0.15, 0.2) is 0 Å². The van der Waals surface area contributed by atoms with Gasteiger partial charge in [0.05, 0.1) is 0 Å². The fourth-order valence-electron chi connectivity index (χ4n) is 3.46. The number of piperidine rings is 1. The van der Waals surface area contributed by atoms with E-state index in [1.54, 1.807) is 0 Å². The summed E-state index contributed by atoms with van der Waals surface area (Å²) in [6.45, 7) is 3.24. The van der Waals surface area contributed by atoms with Gasteiger partial charge in [0.2, 0.25) is 5.91 Å². The molecule has 3 rings (SSSR count). The molecule has 0 aromatic heterocycles. The van der Waals surface area contributed by atoms with Gasteiger partial charge in [-0.3, -0.25) is 4.79 Å². The Morgan fingerprint density at radius 3 is 2.88 bits per heavy atom. The van der Waals surface area contributed by atoms with Crippen LogP contribution < -0.4 is 5.32 Å². The van der Waals surface area contributed by atoms with E-state index in [0.717, 1.165) is 37.9 Å². The minimum Gasteiger partial charge on any atom is -0.339 e. The van der Waals surface area contributed by atoms with Crippen LogP contribution >= 0.6 is 0 Å². The largest absolute Gasteiger partial charge is 0.339 e. The van der Waals surface area contributed by atoms with Crippen LogP contribution in [0, 0.1) is 11.8 Å². The molecule has 1 aliphatic carbocycles. The highest BCUT2D eigenvalue weighted by Gasteiger charge is 2.36. The molecule has 96 valence electrons. The summed E-state index contributed by atoms with van der Waals surface area (Å²) < 4.78 is 0. The maximum absolute atomic E-state index is 12.4. The standard InChI is InChI=1S/C14H24N2O/c17-14(9-11-4-5-11)16-8-2-1-3-12-10-15-7-6-13(12)16/h11-13,15H,1-10H2/t12-,13+/m0/s1. The Morgan fingerprint density at radius 1 is 1.18 bits per heavy atom. The molecular formula is C14H24N2O. The van der Waals surface area contributed by atoms with Gasteiger partial charge < -0.3 is 10.2 Å². The van der Waals surface area contributed by atoms with Crippen LogP contribution in [0.1, 0.15) is 44.9 Å². The number of likely N-dealkylation sites (tertiary alicyclic amines) is 1. The second kappa shape index (κ2) is 4.97. The van der Waals surface area contributed by atoms with E-state index >= 15 is 0 Å². The number of carbonyl (C=O) groups excluding carboxylic acids is 1. The van der Waals surface area contributed by atoms with E-state index in [0.29, 0.717) is 11.9 Å². The lowest BCUT2D eigenvalue weighted by Crippen LogP contribution is -2.51. The molecule has 3 heteroatoms. The van der Waals surface area contributed by atoms with Gasteiger partial charge in [-0.2, -0.15) is 0 Å². The van der Waals surface area contributed by atoms with Gasteiger partial charge in [-0.05, 0) is 57.0 Å². The van der Waals surface area contributed by atoms with Crippen LogP contribution in [0.25, 0.3) is 0 Å². The van der Waals surface area contributed by atoms with Gasteiger partial charge >= 0.3 is 0 Å². The summed E-state index contributed by atoms with van der Waals surface area (Å²) in [6.07, 6.45) is 8.40. The minimum atomic E-state index is 0.450. The third-order valence-corrected chi connectivity index (χ3v) is 4.67. The second-order valence-corrected chi connectivity index (χ2v) is 6.05. The number of carbonyl (C=O) groups is 1. The lowest BCUT2D eigenvalue weighted by molar-refractivity contribution is -0.135. The summed E-state index contributed by atoms with van der Waals surface area (Å²) in [5.41, 5.74) is 0. The number of amides is 1. The number of fused-ring (bicyclic) bond motifs is 1. The van der Waals surface area contributed by atoms with E-state index in [9.17, 15) is 4.79 Å². The van der Waals surface area contributed by atoms with Gasteiger partial charge in [0.1, 0.15) is 0 Å². The van der Waals surface area contributed by atoms with Crippen molar-refractivity contribution in [3.8, 4) is 0 Å². The van der Waals surface area contributed by atoms with Crippen molar-refractivity contribution in [2.24, 2.45) is 11.8 Å². The van der Waals surface area contributed by atoms with E-state index < -0.39 is 0 Å². The van der Waals surface area contributed by atoms with Crippen LogP contribution in [0.4, 0.5) is 0 Å². The maximum Gasteiger partial charge on any atom is 0.223 e. The molecule has 0 unspecified atom stereocenters. The third-order valence-electron chi connectivity index (χ3n) is 4.67. The van der Waals surface area contributed by atoms with Crippen LogP contribution in [0.5, 0.6) is 0 Å². The van der Waals surface area contributed by atoms with Gasteiger partial charge in [-0.15, -0.1) is 0 Å². The van der Waals surface area contributed by atoms with Crippen molar-refractivity contribution in [1.29, 1.82) is 0 Å². The fraction of sp³-hybridized carbons (Fsp3) is 0.929.